The molecule has 0 bridgehead atoms. The minimum absolute atomic E-state index is 0.227. The third kappa shape index (κ3) is 2.87. The van der Waals surface area contributed by atoms with Crippen LogP contribution < -0.4 is 0 Å². The maximum Gasteiger partial charge on any atom is 0.257 e. The van der Waals surface area contributed by atoms with Crippen LogP contribution in [-0.2, 0) is 17.1 Å². The van der Waals surface area contributed by atoms with Gasteiger partial charge in [0.05, 0.1) is 16.8 Å². The third-order valence-electron chi connectivity index (χ3n) is 4.69. The number of thiophene rings is 1. The first-order valence-corrected chi connectivity index (χ1v) is 10.7. The molecule has 0 aliphatic carbocycles. The van der Waals surface area contributed by atoms with Crippen molar-refractivity contribution in [2.45, 2.75) is 37.1 Å². The molecule has 1 fully saturated rings. The summed E-state index contributed by atoms with van der Waals surface area (Å²) < 4.78 is 35.3. The van der Waals surface area contributed by atoms with E-state index in [1.54, 1.807) is 18.7 Å². The van der Waals surface area contributed by atoms with Crippen LogP contribution in [0.5, 0.6) is 0 Å². The van der Waals surface area contributed by atoms with Crippen LogP contribution in [0.25, 0.3) is 10.8 Å². The molecule has 138 valence electrons. The molecule has 0 radical (unpaired) electrons. The smallest absolute Gasteiger partial charge is 0.257 e. The molecule has 0 amide bonds. The fourth-order valence-corrected chi connectivity index (χ4v) is 5.65. The Morgan fingerprint density at radius 2 is 2.15 bits per heavy atom. The van der Waals surface area contributed by atoms with Gasteiger partial charge in [-0.2, -0.15) is 9.40 Å². The third-order valence-corrected chi connectivity index (χ3v) is 7.56. The fraction of sp³-hybridized carbons (Fsp3) is 0.438. The van der Waals surface area contributed by atoms with E-state index in [0.29, 0.717) is 30.4 Å². The van der Waals surface area contributed by atoms with Crippen molar-refractivity contribution in [2.75, 3.05) is 6.54 Å². The average Bonchev–Trinajstić information content (AvgIpc) is 3.37. The standard InChI is InChI=1S/C16H19N5O3S2/c1-11-14(10-17-20(11)2)26(22,23)21-8-4-3-6-12(21)15-18-19-16(24-15)13-7-5-9-25-13/h5,7,9-10,12H,3-4,6,8H2,1-2H3. The summed E-state index contributed by atoms with van der Waals surface area (Å²) in [4.78, 5) is 1.10. The van der Waals surface area contributed by atoms with Gasteiger partial charge in [-0.25, -0.2) is 8.42 Å². The summed E-state index contributed by atoms with van der Waals surface area (Å²) in [6, 6.07) is 3.36. The molecule has 1 saturated heterocycles. The van der Waals surface area contributed by atoms with Crippen molar-refractivity contribution in [3.05, 3.63) is 35.3 Å². The van der Waals surface area contributed by atoms with Crippen molar-refractivity contribution in [2.24, 2.45) is 7.05 Å². The Morgan fingerprint density at radius 3 is 2.85 bits per heavy atom. The van der Waals surface area contributed by atoms with Crippen LogP contribution in [-0.4, -0.2) is 39.2 Å². The largest absolute Gasteiger partial charge is 0.418 e. The van der Waals surface area contributed by atoms with E-state index in [4.69, 9.17) is 4.42 Å². The molecular formula is C16H19N5O3S2. The Hall–Kier alpha value is -2.04. The number of aromatic nitrogens is 4. The molecule has 1 aliphatic rings. The van der Waals surface area contributed by atoms with Crippen LogP contribution in [0.2, 0.25) is 0 Å². The summed E-state index contributed by atoms with van der Waals surface area (Å²) in [6.07, 6.45) is 3.78. The first kappa shape index (κ1) is 17.4. The molecule has 3 aromatic rings. The van der Waals surface area contributed by atoms with Crippen LogP contribution in [0, 0.1) is 6.92 Å². The summed E-state index contributed by atoms with van der Waals surface area (Å²) in [7, 11) is -1.96. The van der Waals surface area contributed by atoms with Gasteiger partial charge in [0, 0.05) is 13.6 Å². The van der Waals surface area contributed by atoms with E-state index in [9.17, 15) is 8.42 Å². The van der Waals surface area contributed by atoms with Crippen LogP contribution in [0.4, 0.5) is 0 Å². The minimum Gasteiger partial charge on any atom is -0.418 e. The topological polar surface area (TPSA) is 94.1 Å². The zero-order chi connectivity index (χ0) is 18.3. The van der Waals surface area contributed by atoms with E-state index in [0.717, 1.165) is 17.7 Å². The number of rotatable bonds is 4. The monoisotopic (exact) mass is 393 g/mol. The number of hydrogen-bond donors (Lipinski definition) is 0. The highest BCUT2D eigenvalue weighted by atomic mass is 32.2. The molecule has 0 aromatic carbocycles. The normalized spacial score (nSPS) is 19.1. The Kier molecular flexibility index (Phi) is 4.41. The van der Waals surface area contributed by atoms with Crippen LogP contribution in [0.3, 0.4) is 0 Å². The second-order valence-corrected chi connectivity index (χ2v) is 9.07. The summed E-state index contributed by atoms with van der Waals surface area (Å²) >= 11 is 1.50. The molecule has 1 aliphatic heterocycles. The molecule has 1 atom stereocenters. The van der Waals surface area contributed by atoms with Gasteiger partial charge in [0.1, 0.15) is 10.9 Å². The van der Waals surface area contributed by atoms with Crippen molar-refractivity contribution in [1.82, 2.24) is 24.3 Å². The molecule has 0 N–H and O–H groups in total. The van der Waals surface area contributed by atoms with E-state index in [1.807, 2.05) is 17.5 Å². The van der Waals surface area contributed by atoms with Gasteiger partial charge in [0.15, 0.2) is 0 Å². The van der Waals surface area contributed by atoms with Gasteiger partial charge in [0.2, 0.25) is 15.9 Å². The van der Waals surface area contributed by atoms with Crippen LogP contribution in [0.15, 0.2) is 33.0 Å². The lowest BCUT2D eigenvalue weighted by Crippen LogP contribution is -2.38. The Labute approximate surface area is 155 Å². The average molecular weight is 393 g/mol. The second kappa shape index (κ2) is 6.60. The molecule has 26 heavy (non-hydrogen) atoms. The summed E-state index contributed by atoms with van der Waals surface area (Å²) in [6.45, 7) is 2.18. The van der Waals surface area contributed by atoms with Crippen molar-refractivity contribution in [3.63, 3.8) is 0 Å². The van der Waals surface area contributed by atoms with Crippen molar-refractivity contribution in [1.29, 1.82) is 0 Å². The minimum atomic E-state index is -3.69. The first-order chi connectivity index (χ1) is 12.5. The van der Waals surface area contributed by atoms with Gasteiger partial charge in [-0.05, 0) is 31.2 Å². The van der Waals surface area contributed by atoms with Gasteiger partial charge >= 0.3 is 0 Å². The predicted molar refractivity (Wildman–Crippen MR) is 96.0 cm³/mol. The van der Waals surface area contributed by atoms with Gasteiger partial charge in [0.25, 0.3) is 5.89 Å². The van der Waals surface area contributed by atoms with Gasteiger partial charge < -0.3 is 4.42 Å². The first-order valence-electron chi connectivity index (χ1n) is 8.36. The number of aryl methyl sites for hydroxylation is 1. The van der Waals surface area contributed by atoms with Crippen LogP contribution >= 0.6 is 11.3 Å². The highest BCUT2D eigenvalue weighted by molar-refractivity contribution is 7.89. The quantitative estimate of drug-likeness (QED) is 0.676. The Balaban J connectivity index is 1.70. The van der Waals surface area contributed by atoms with Crippen molar-refractivity contribution in [3.8, 4) is 10.8 Å². The zero-order valence-electron chi connectivity index (χ0n) is 14.5. The lowest BCUT2D eigenvalue weighted by atomic mass is 10.1. The van der Waals surface area contributed by atoms with Gasteiger partial charge in [-0.3, -0.25) is 4.68 Å². The summed E-state index contributed by atoms with van der Waals surface area (Å²) in [5.41, 5.74) is 0.610. The van der Waals surface area contributed by atoms with E-state index >= 15 is 0 Å². The van der Waals surface area contributed by atoms with Crippen molar-refractivity contribution < 1.29 is 12.8 Å². The molecule has 4 heterocycles. The zero-order valence-corrected chi connectivity index (χ0v) is 16.1. The molecule has 0 spiro atoms. The summed E-state index contributed by atoms with van der Waals surface area (Å²) in [5, 5.41) is 14.3. The predicted octanol–water partition coefficient (Wildman–Crippen LogP) is 2.76. The van der Waals surface area contributed by atoms with Crippen molar-refractivity contribution >= 4 is 21.4 Å². The Bertz CT molecular complexity index is 1010. The van der Waals surface area contributed by atoms with E-state index in [-0.39, 0.29) is 4.90 Å². The maximum absolute atomic E-state index is 13.2. The number of nitrogens with zero attached hydrogens (tertiary/aromatic N) is 5. The molecule has 4 rings (SSSR count). The highest BCUT2D eigenvalue weighted by Gasteiger charge is 2.39. The SMILES string of the molecule is Cc1c(S(=O)(=O)N2CCCCC2c2nnc(-c3cccs3)o2)cnn1C. The number of sulfonamides is 1. The number of piperidine rings is 1. The van der Waals surface area contributed by atoms with Crippen LogP contribution in [0.1, 0.15) is 36.9 Å². The lowest BCUT2D eigenvalue weighted by molar-refractivity contribution is 0.220. The molecule has 8 nitrogen and oxygen atoms in total. The molecule has 3 aromatic heterocycles. The molecular weight excluding hydrogens is 374 g/mol. The van der Waals surface area contributed by atoms with E-state index < -0.39 is 16.1 Å². The fourth-order valence-electron chi connectivity index (χ4n) is 3.17. The Morgan fingerprint density at radius 1 is 1.31 bits per heavy atom. The number of hydrogen-bond acceptors (Lipinski definition) is 7. The van der Waals surface area contributed by atoms with Gasteiger partial charge in [-0.15, -0.1) is 21.5 Å². The molecule has 10 heteroatoms. The molecule has 0 saturated carbocycles. The second-order valence-electron chi connectivity index (χ2n) is 6.27. The lowest BCUT2D eigenvalue weighted by Gasteiger charge is -2.32. The summed E-state index contributed by atoms with van der Waals surface area (Å²) in [5.74, 6) is 0.772. The maximum atomic E-state index is 13.2. The van der Waals surface area contributed by atoms with E-state index in [2.05, 4.69) is 15.3 Å². The van der Waals surface area contributed by atoms with Gasteiger partial charge in [-0.1, -0.05) is 12.5 Å². The highest BCUT2D eigenvalue weighted by Crippen LogP contribution is 2.36. The molecule has 1 unspecified atom stereocenters. The van der Waals surface area contributed by atoms with E-state index in [1.165, 1.54) is 21.8 Å².